The molecule has 1 atom stereocenters. The average molecular weight is 518 g/mol. The number of rotatable bonds is 5. The van der Waals surface area contributed by atoms with Crippen molar-refractivity contribution in [1.29, 1.82) is 0 Å². The van der Waals surface area contributed by atoms with Gasteiger partial charge in [0.2, 0.25) is 5.91 Å². The fraction of sp³-hybridized carbons (Fsp3) is 0.259. The van der Waals surface area contributed by atoms with E-state index < -0.39 is 0 Å². The Balaban J connectivity index is 1.19. The second-order valence-corrected chi connectivity index (χ2v) is 11.1. The SMILES string of the molecule is Cc1ccc(-c2cc3ncnc(N4CCC[C@H](C(=O)NCc5ccc6scnc6c5)C4)c3s2)cc1F. The summed E-state index contributed by atoms with van der Waals surface area (Å²) in [6, 6.07) is 13.4. The van der Waals surface area contributed by atoms with Crippen molar-refractivity contribution in [2.75, 3.05) is 18.0 Å². The van der Waals surface area contributed by atoms with Crippen LogP contribution in [0.25, 0.3) is 30.9 Å². The molecule has 6 nitrogen and oxygen atoms in total. The lowest BCUT2D eigenvalue weighted by Crippen LogP contribution is -2.43. The van der Waals surface area contributed by atoms with Crippen molar-refractivity contribution in [3.8, 4) is 10.4 Å². The molecule has 36 heavy (non-hydrogen) atoms. The Morgan fingerprint density at radius 1 is 1.14 bits per heavy atom. The number of thiazole rings is 1. The van der Waals surface area contributed by atoms with E-state index in [0.717, 1.165) is 61.6 Å². The molecule has 2 aromatic carbocycles. The summed E-state index contributed by atoms with van der Waals surface area (Å²) in [6.07, 6.45) is 3.33. The second kappa shape index (κ2) is 9.55. The second-order valence-electron chi connectivity index (χ2n) is 9.14. The van der Waals surface area contributed by atoms with E-state index in [9.17, 15) is 9.18 Å². The van der Waals surface area contributed by atoms with E-state index in [1.165, 1.54) is 0 Å². The Labute approximate surface area is 215 Å². The van der Waals surface area contributed by atoms with E-state index >= 15 is 0 Å². The van der Waals surface area contributed by atoms with Gasteiger partial charge in [-0.15, -0.1) is 22.7 Å². The predicted molar refractivity (Wildman–Crippen MR) is 144 cm³/mol. The van der Waals surface area contributed by atoms with Crippen molar-refractivity contribution >= 4 is 54.8 Å². The Hall–Kier alpha value is -3.43. The van der Waals surface area contributed by atoms with Crippen molar-refractivity contribution in [1.82, 2.24) is 20.3 Å². The predicted octanol–water partition coefficient (Wildman–Crippen LogP) is 5.95. The number of aryl methyl sites for hydroxylation is 1. The van der Waals surface area contributed by atoms with Crippen LogP contribution in [0, 0.1) is 18.7 Å². The third-order valence-electron chi connectivity index (χ3n) is 6.70. The Morgan fingerprint density at radius 3 is 2.94 bits per heavy atom. The van der Waals surface area contributed by atoms with Gasteiger partial charge < -0.3 is 10.2 Å². The normalized spacial score (nSPS) is 16.1. The van der Waals surface area contributed by atoms with Crippen LogP contribution in [-0.2, 0) is 11.3 Å². The summed E-state index contributed by atoms with van der Waals surface area (Å²) in [7, 11) is 0. The van der Waals surface area contributed by atoms with Crippen molar-refractivity contribution in [2.45, 2.75) is 26.3 Å². The van der Waals surface area contributed by atoms with Gasteiger partial charge in [-0.25, -0.2) is 19.3 Å². The lowest BCUT2D eigenvalue weighted by molar-refractivity contribution is -0.125. The van der Waals surface area contributed by atoms with E-state index in [1.807, 2.05) is 29.8 Å². The van der Waals surface area contributed by atoms with Gasteiger partial charge in [-0.3, -0.25) is 4.79 Å². The van der Waals surface area contributed by atoms with Crippen molar-refractivity contribution in [3.05, 3.63) is 71.2 Å². The first kappa shape index (κ1) is 23.0. The van der Waals surface area contributed by atoms with Gasteiger partial charge in [-0.2, -0.15) is 0 Å². The van der Waals surface area contributed by atoms with Crippen LogP contribution in [0.1, 0.15) is 24.0 Å². The molecule has 0 aliphatic carbocycles. The zero-order valence-electron chi connectivity index (χ0n) is 19.7. The number of nitrogens with zero attached hydrogens (tertiary/aromatic N) is 4. The zero-order valence-corrected chi connectivity index (χ0v) is 21.3. The molecule has 1 aliphatic heterocycles. The molecule has 3 aromatic heterocycles. The van der Waals surface area contributed by atoms with Gasteiger partial charge in [0.1, 0.15) is 18.0 Å². The van der Waals surface area contributed by atoms with E-state index in [1.54, 1.807) is 48.1 Å². The molecule has 6 rings (SSSR count). The van der Waals surface area contributed by atoms with Gasteiger partial charge in [-0.1, -0.05) is 18.2 Å². The van der Waals surface area contributed by atoms with Crippen LogP contribution in [0.3, 0.4) is 0 Å². The molecular weight excluding hydrogens is 493 g/mol. The van der Waals surface area contributed by atoms with Crippen LogP contribution in [0.5, 0.6) is 0 Å². The first-order valence-corrected chi connectivity index (χ1v) is 13.6. The summed E-state index contributed by atoms with van der Waals surface area (Å²) < 4.78 is 16.3. The number of nitrogens with one attached hydrogen (secondary N) is 1. The number of amides is 1. The summed E-state index contributed by atoms with van der Waals surface area (Å²) in [6.45, 7) is 3.69. The lowest BCUT2D eigenvalue weighted by atomic mass is 9.97. The Morgan fingerprint density at radius 2 is 2.06 bits per heavy atom. The molecule has 0 saturated carbocycles. The fourth-order valence-corrected chi connectivity index (χ4v) is 6.47. The highest BCUT2D eigenvalue weighted by Crippen LogP contribution is 2.38. The van der Waals surface area contributed by atoms with Gasteiger partial charge >= 0.3 is 0 Å². The van der Waals surface area contributed by atoms with Crippen molar-refractivity contribution in [2.24, 2.45) is 5.92 Å². The number of carbonyl (C=O) groups excluding carboxylic acids is 1. The van der Waals surface area contributed by atoms with Gasteiger partial charge in [0.25, 0.3) is 0 Å². The maximum absolute atomic E-state index is 14.2. The molecule has 9 heteroatoms. The number of hydrogen-bond acceptors (Lipinski definition) is 7. The minimum Gasteiger partial charge on any atom is -0.355 e. The third kappa shape index (κ3) is 4.44. The van der Waals surface area contributed by atoms with E-state index in [-0.39, 0.29) is 17.6 Å². The van der Waals surface area contributed by atoms with Crippen LogP contribution in [0.15, 0.2) is 54.3 Å². The molecule has 1 fully saturated rings. The van der Waals surface area contributed by atoms with Crippen LogP contribution < -0.4 is 10.2 Å². The molecule has 0 radical (unpaired) electrons. The maximum atomic E-state index is 14.2. The van der Waals surface area contributed by atoms with Crippen LogP contribution in [0.4, 0.5) is 10.2 Å². The van der Waals surface area contributed by atoms with Gasteiger partial charge in [0.05, 0.1) is 31.9 Å². The number of carbonyl (C=O) groups is 1. The van der Waals surface area contributed by atoms with E-state index in [0.29, 0.717) is 18.7 Å². The molecule has 4 heterocycles. The van der Waals surface area contributed by atoms with Crippen molar-refractivity contribution < 1.29 is 9.18 Å². The first-order valence-electron chi connectivity index (χ1n) is 11.9. The smallest absolute Gasteiger partial charge is 0.225 e. The number of hydrogen-bond donors (Lipinski definition) is 1. The molecule has 1 saturated heterocycles. The summed E-state index contributed by atoms with van der Waals surface area (Å²) in [4.78, 5) is 29.6. The number of aromatic nitrogens is 3. The highest BCUT2D eigenvalue weighted by Gasteiger charge is 2.28. The monoisotopic (exact) mass is 517 g/mol. The number of halogens is 1. The minimum atomic E-state index is -0.215. The maximum Gasteiger partial charge on any atom is 0.225 e. The quantitative estimate of drug-likeness (QED) is 0.312. The average Bonchev–Trinajstić information content (AvgIpc) is 3.55. The van der Waals surface area contributed by atoms with E-state index in [2.05, 4.69) is 31.2 Å². The molecule has 182 valence electrons. The summed E-state index contributed by atoms with van der Waals surface area (Å²) in [5.74, 6) is 0.575. The topological polar surface area (TPSA) is 71.0 Å². The van der Waals surface area contributed by atoms with Crippen LogP contribution in [-0.4, -0.2) is 33.9 Å². The van der Waals surface area contributed by atoms with Gasteiger partial charge in [-0.05, 0) is 60.7 Å². The first-order chi connectivity index (χ1) is 17.5. The summed E-state index contributed by atoms with van der Waals surface area (Å²) in [5, 5.41) is 3.11. The molecule has 5 aromatic rings. The number of fused-ring (bicyclic) bond motifs is 2. The highest BCUT2D eigenvalue weighted by atomic mass is 32.1. The molecule has 0 bridgehead atoms. The summed E-state index contributed by atoms with van der Waals surface area (Å²) in [5.41, 5.74) is 6.15. The fourth-order valence-electron chi connectivity index (χ4n) is 4.69. The zero-order chi connectivity index (χ0) is 24.6. The number of piperidine rings is 1. The third-order valence-corrected chi connectivity index (χ3v) is 8.68. The number of benzene rings is 2. The van der Waals surface area contributed by atoms with Gasteiger partial charge in [0, 0.05) is 24.5 Å². The van der Waals surface area contributed by atoms with Crippen LogP contribution in [0.2, 0.25) is 0 Å². The molecule has 0 spiro atoms. The minimum absolute atomic E-state index is 0.0605. The van der Waals surface area contributed by atoms with Crippen LogP contribution >= 0.6 is 22.7 Å². The van der Waals surface area contributed by atoms with E-state index in [4.69, 9.17) is 0 Å². The highest BCUT2D eigenvalue weighted by molar-refractivity contribution is 7.22. The Bertz CT molecular complexity index is 1580. The van der Waals surface area contributed by atoms with Crippen molar-refractivity contribution in [3.63, 3.8) is 0 Å². The van der Waals surface area contributed by atoms with Gasteiger partial charge in [0.15, 0.2) is 0 Å². The standard InChI is InChI=1S/C27H24FN5OS2/c1-16-4-6-18(10-20(16)28)24-11-22-25(36-24)26(31-14-30-22)33-8-2-3-19(13-33)27(34)29-12-17-5-7-23-21(9-17)32-15-35-23/h4-7,9-11,14-15,19H,2-3,8,12-13H2,1H3,(H,29,34)/t19-/m0/s1. The number of anilines is 1. The largest absolute Gasteiger partial charge is 0.355 e. The molecular formula is C27H24FN5OS2. The number of thiophene rings is 1. The molecule has 1 amide bonds. The molecule has 1 N–H and O–H groups in total. The Kier molecular flexibility index (Phi) is 6.10. The summed E-state index contributed by atoms with van der Waals surface area (Å²) >= 11 is 3.18. The molecule has 1 aliphatic rings. The lowest BCUT2D eigenvalue weighted by Gasteiger charge is -2.33. The molecule has 0 unspecified atom stereocenters.